The van der Waals surface area contributed by atoms with Crippen molar-refractivity contribution in [2.24, 2.45) is 0 Å². The lowest BCUT2D eigenvalue weighted by atomic mass is 9.84. The smallest absolute Gasteiger partial charge is 0.271 e. The van der Waals surface area contributed by atoms with Gasteiger partial charge in [0.1, 0.15) is 5.60 Å². The van der Waals surface area contributed by atoms with E-state index in [2.05, 4.69) is 38.7 Å². The molecule has 1 N–H and O–H groups in total. The Kier molecular flexibility index (Phi) is 4.71. The molecule has 0 atom stereocenters. The second-order valence-electron chi connectivity index (χ2n) is 7.72. The SMILES string of the molecule is CNC(=O)c1ccc(N2CCC3(CC2)OCCc2cn(-c4ccccc4)nc23)nn1. The van der Waals surface area contributed by atoms with Crippen LogP contribution in [0.5, 0.6) is 0 Å². The highest BCUT2D eigenvalue weighted by atomic mass is 16.5. The lowest BCUT2D eigenvalue weighted by molar-refractivity contribution is -0.0797. The third-order valence-corrected chi connectivity index (χ3v) is 6.00. The zero-order chi connectivity index (χ0) is 20.6. The van der Waals surface area contributed by atoms with Crippen molar-refractivity contribution < 1.29 is 9.53 Å². The number of aromatic nitrogens is 4. The van der Waals surface area contributed by atoms with Gasteiger partial charge in [-0.25, -0.2) is 4.68 Å². The van der Waals surface area contributed by atoms with E-state index in [0.717, 1.165) is 49.6 Å². The molecule has 1 spiro atoms. The van der Waals surface area contributed by atoms with E-state index < -0.39 is 0 Å². The lowest BCUT2D eigenvalue weighted by Crippen LogP contribution is -2.47. The topological polar surface area (TPSA) is 85.2 Å². The zero-order valence-corrected chi connectivity index (χ0v) is 16.9. The van der Waals surface area contributed by atoms with Gasteiger partial charge in [0, 0.05) is 26.3 Å². The van der Waals surface area contributed by atoms with Crippen LogP contribution in [0.1, 0.15) is 34.6 Å². The van der Waals surface area contributed by atoms with E-state index in [-0.39, 0.29) is 11.5 Å². The van der Waals surface area contributed by atoms with Gasteiger partial charge in [0.05, 0.1) is 18.0 Å². The van der Waals surface area contributed by atoms with Gasteiger partial charge in [0.25, 0.3) is 5.91 Å². The number of hydrogen-bond donors (Lipinski definition) is 1. The number of amides is 1. The Hall–Kier alpha value is -3.26. The fourth-order valence-corrected chi connectivity index (χ4v) is 4.34. The summed E-state index contributed by atoms with van der Waals surface area (Å²) in [6.45, 7) is 2.31. The first-order valence-corrected chi connectivity index (χ1v) is 10.3. The Morgan fingerprint density at radius 3 is 2.60 bits per heavy atom. The highest BCUT2D eigenvalue weighted by Crippen LogP contribution is 2.41. The van der Waals surface area contributed by atoms with Crippen LogP contribution in [0.25, 0.3) is 5.69 Å². The maximum absolute atomic E-state index is 11.7. The number of nitrogens with zero attached hydrogens (tertiary/aromatic N) is 5. The number of piperidine rings is 1. The zero-order valence-electron chi connectivity index (χ0n) is 16.9. The molecule has 1 saturated heterocycles. The van der Waals surface area contributed by atoms with Crippen LogP contribution in [0.3, 0.4) is 0 Å². The third-order valence-electron chi connectivity index (χ3n) is 6.00. The standard InChI is InChI=1S/C22H24N6O2/c1-23-21(29)18-7-8-19(25-24-18)27-12-10-22(11-13-27)20-16(9-14-30-22)15-28(26-20)17-5-3-2-4-6-17/h2-8,15H,9-14H2,1H3,(H,23,29). The van der Waals surface area contributed by atoms with Crippen molar-refractivity contribution in [3.63, 3.8) is 0 Å². The Balaban J connectivity index is 1.35. The van der Waals surface area contributed by atoms with Crippen LogP contribution in [0.2, 0.25) is 0 Å². The first-order chi connectivity index (χ1) is 14.7. The van der Waals surface area contributed by atoms with Gasteiger partial charge >= 0.3 is 0 Å². The maximum Gasteiger partial charge on any atom is 0.271 e. The normalized spacial score (nSPS) is 17.6. The number of para-hydroxylation sites is 1. The van der Waals surface area contributed by atoms with E-state index in [0.29, 0.717) is 12.3 Å². The molecule has 0 radical (unpaired) electrons. The average Bonchev–Trinajstić information content (AvgIpc) is 3.26. The van der Waals surface area contributed by atoms with Crippen molar-refractivity contribution in [2.45, 2.75) is 24.9 Å². The molecule has 154 valence electrons. The molecule has 0 unspecified atom stereocenters. The molecule has 1 amide bonds. The molecule has 3 aromatic rings. The first-order valence-electron chi connectivity index (χ1n) is 10.3. The molecule has 0 bridgehead atoms. The van der Waals surface area contributed by atoms with Gasteiger partial charge in [0.15, 0.2) is 11.5 Å². The van der Waals surface area contributed by atoms with E-state index in [9.17, 15) is 4.79 Å². The monoisotopic (exact) mass is 404 g/mol. The van der Waals surface area contributed by atoms with Crippen molar-refractivity contribution >= 4 is 11.7 Å². The second-order valence-corrected chi connectivity index (χ2v) is 7.72. The molecule has 5 rings (SSSR count). The van der Waals surface area contributed by atoms with Gasteiger partial charge in [-0.1, -0.05) is 18.2 Å². The fourth-order valence-electron chi connectivity index (χ4n) is 4.34. The summed E-state index contributed by atoms with van der Waals surface area (Å²) in [5.74, 6) is 0.548. The van der Waals surface area contributed by atoms with Crippen LogP contribution < -0.4 is 10.2 Å². The van der Waals surface area contributed by atoms with Crippen molar-refractivity contribution in [2.75, 3.05) is 31.6 Å². The third kappa shape index (κ3) is 3.23. The van der Waals surface area contributed by atoms with Gasteiger partial charge in [-0.3, -0.25) is 4.79 Å². The minimum absolute atomic E-state index is 0.233. The van der Waals surface area contributed by atoms with Crippen LogP contribution in [-0.2, 0) is 16.8 Å². The highest BCUT2D eigenvalue weighted by Gasteiger charge is 2.43. The molecule has 8 heteroatoms. The Morgan fingerprint density at radius 2 is 1.90 bits per heavy atom. The average molecular weight is 404 g/mol. The van der Waals surface area contributed by atoms with Crippen LogP contribution in [0.15, 0.2) is 48.7 Å². The van der Waals surface area contributed by atoms with Crippen molar-refractivity contribution in [3.05, 3.63) is 65.6 Å². The number of nitrogens with one attached hydrogen (secondary N) is 1. The number of anilines is 1. The van der Waals surface area contributed by atoms with Crippen molar-refractivity contribution in [1.82, 2.24) is 25.3 Å². The Labute approximate surface area is 174 Å². The Bertz CT molecular complexity index is 1040. The number of carbonyl (C=O) groups is 1. The maximum atomic E-state index is 11.7. The molecule has 1 fully saturated rings. The summed E-state index contributed by atoms with van der Waals surface area (Å²) in [4.78, 5) is 13.9. The quantitative estimate of drug-likeness (QED) is 0.720. The summed E-state index contributed by atoms with van der Waals surface area (Å²) in [5, 5.41) is 15.8. The van der Waals surface area contributed by atoms with Crippen LogP contribution in [0, 0.1) is 0 Å². The summed E-state index contributed by atoms with van der Waals surface area (Å²) in [7, 11) is 1.58. The highest BCUT2D eigenvalue weighted by molar-refractivity contribution is 5.91. The molecule has 0 saturated carbocycles. The van der Waals surface area contributed by atoms with Crippen molar-refractivity contribution in [3.8, 4) is 5.69 Å². The summed E-state index contributed by atoms with van der Waals surface area (Å²) >= 11 is 0. The summed E-state index contributed by atoms with van der Waals surface area (Å²) in [5.41, 5.74) is 3.37. The van der Waals surface area contributed by atoms with E-state index in [1.165, 1.54) is 5.56 Å². The molecule has 0 aliphatic carbocycles. The minimum Gasteiger partial charge on any atom is -0.368 e. The van der Waals surface area contributed by atoms with E-state index in [4.69, 9.17) is 9.84 Å². The molecular formula is C22H24N6O2. The predicted octanol–water partition coefficient (Wildman–Crippen LogP) is 2.09. The summed E-state index contributed by atoms with van der Waals surface area (Å²) in [6.07, 6.45) is 4.71. The number of fused-ring (bicyclic) bond motifs is 2. The molecular weight excluding hydrogens is 380 g/mol. The largest absolute Gasteiger partial charge is 0.368 e. The van der Waals surface area contributed by atoms with Gasteiger partial charge < -0.3 is 15.0 Å². The van der Waals surface area contributed by atoms with Crippen LogP contribution in [-0.4, -0.2) is 52.6 Å². The van der Waals surface area contributed by atoms with Crippen molar-refractivity contribution in [1.29, 1.82) is 0 Å². The molecule has 2 aliphatic heterocycles. The number of carbonyl (C=O) groups excluding carboxylic acids is 1. The number of rotatable bonds is 3. The first kappa shape index (κ1) is 18.7. The molecule has 8 nitrogen and oxygen atoms in total. The molecule has 1 aromatic carbocycles. The van der Waals surface area contributed by atoms with E-state index in [1.54, 1.807) is 13.1 Å². The van der Waals surface area contributed by atoms with Crippen LogP contribution in [0.4, 0.5) is 5.82 Å². The summed E-state index contributed by atoms with van der Waals surface area (Å²) < 4.78 is 8.31. The fraction of sp³-hybridized carbons (Fsp3) is 0.364. The molecule has 2 aromatic heterocycles. The van der Waals surface area contributed by atoms with E-state index in [1.807, 2.05) is 28.9 Å². The van der Waals surface area contributed by atoms with Gasteiger partial charge in [-0.15, -0.1) is 10.2 Å². The molecule has 30 heavy (non-hydrogen) atoms. The number of hydrogen-bond acceptors (Lipinski definition) is 6. The lowest BCUT2D eigenvalue weighted by Gasteiger charge is -2.43. The minimum atomic E-state index is -0.348. The number of ether oxygens (including phenoxy) is 1. The molecule has 4 heterocycles. The van der Waals surface area contributed by atoms with Gasteiger partial charge in [-0.05, 0) is 49.1 Å². The van der Waals surface area contributed by atoms with Crippen LogP contribution >= 0.6 is 0 Å². The van der Waals surface area contributed by atoms with Gasteiger partial charge in [0.2, 0.25) is 0 Å². The Morgan fingerprint density at radius 1 is 1.10 bits per heavy atom. The number of benzene rings is 1. The van der Waals surface area contributed by atoms with E-state index >= 15 is 0 Å². The summed E-state index contributed by atoms with van der Waals surface area (Å²) in [6, 6.07) is 13.8. The predicted molar refractivity (Wildman–Crippen MR) is 112 cm³/mol. The van der Waals surface area contributed by atoms with Gasteiger partial charge in [-0.2, -0.15) is 5.10 Å². The second kappa shape index (κ2) is 7.53. The molecule has 2 aliphatic rings.